The first-order chi connectivity index (χ1) is 7.27. The zero-order valence-electron chi connectivity index (χ0n) is 9.85. The number of aryl methyl sites for hydroxylation is 2. The summed E-state index contributed by atoms with van der Waals surface area (Å²) in [5.41, 5.74) is 3.06. The van der Waals surface area contributed by atoms with E-state index in [9.17, 15) is 0 Å². The third-order valence-corrected chi connectivity index (χ3v) is 3.78. The van der Waals surface area contributed by atoms with E-state index in [0.717, 1.165) is 0 Å². The third-order valence-electron chi connectivity index (χ3n) is 2.73. The van der Waals surface area contributed by atoms with Gasteiger partial charge in [-0.3, -0.25) is 0 Å². The molecule has 0 aliphatic rings. The minimum atomic E-state index is 1.24. The molecule has 1 heteroatoms. The van der Waals surface area contributed by atoms with E-state index in [2.05, 4.69) is 54.6 Å². The summed E-state index contributed by atoms with van der Waals surface area (Å²) in [5, 5.41) is 0. The minimum Gasteiger partial charge on any atom is -0.0654 e. The predicted molar refractivity (Wildman–Crippen MR) is 76.4 cm³/mol. The molecular formula is C14H21I. The standard InChI is InChI=1S/C14H21I/c1-3-5-7-12-9-10-14(15)13(11-12)8-6-4-2/h9-11H,3-8H2,1-2H3. The topological polar surface area (TPSA) is 0 Å². The van der Waals surface area contributed by atoms with E-state index in [4.69, 9.17) is 0 Å². The van der Waals surface area contributed by atoms with Gasteiger partial charge in [0, 0.05) is 3.57 Å². The van der Waals surface area contributed by atoms with E-state index in [1.807, 2.05) is 0 Å². The number of unbranched alkanes of at least 4 members (excludes halogenated alkanes) is 2. The van der Waals surface area contributed by atoms with Crippen LogP contribution in [0.4, 0.5) is 0 Å². The van der Waals surface area contributed by atoms with Crippen molar-refractivity contribution in [2.75, 3.05) is 0 Å². The number of rotatable bonds is 6. The van der Waals surface area contributed by atoms with Crippen molar-refractivity contribution >= 4 is 22.6 Å². The van der Waals surface area contributed by atoms with Crippen LogP contribution in [-0.4, -0.2) is 0 Å². The van der Waals surface area contributed by atoms with Crippen molar-refractivity contribution in [2.45, 2.75) is 52.4 Å². The van der Waals surface area contributed by atoms with Gasteiger partial charge in [-0.2, -0.15) is 0 Å². The van der Waals surface area contributed by atoms with Gasteiger partial charge in [0.05, 0.1) is 0 Å². The van der Waals surface area contributed by atoms with Crippen molar-refractivity contribution in [1.82, 2.24) is 0 Å². The lowest BCUT2D eigenvalue weighted by atomic mass is 10.0. The molecule has 0 N–H and O–H groups in total. The highest BCUT2D eigenvalue weighted by molar-refractivity contribution is 14.1. The molecule has 0 heterocycles. The maximum Gasteiger partial charge on any atom is 0.0162 e. The zero-order valence-corrected chi connectivity index (χ0v) is 12.0. The molecule has 1 rings (SSSR count). The second-order valence-corrected chi connectivity index (χ2v) is 5.30. The second-order valence-electron chi connectivity index (χ2n) is 4.13. The van der Waals surface area contributed by atoms with Gasteiger partial charge in [-0.1, -0.05) is 38.8 Å². The molecule has 1 aromatic carbocycles. The van der Waals surface area contributed by atoms with Crippen molar-refractivity contribution < 1.29 is 0 Å². The number of hydrogen-bond donors (Lipinski definition) is 0. The molecule has 0 amide bonds. The third kappa shape index (κ3) is 4.54. The Balaban J connectivity index is 2.66. The van der Waals surface area contributed by atoms with E-state index >= 15 is 0 Å². The van der Waals surface area contributed by atoms with Gasteiger partial charge in [0.25, 0.3) is 0 Å². The van der Waals surface area contributed by atoms with E-state index in [1.165, 1.54) is 47.7 Å². The number of benzene rings is 1. The Bertz CT molecular complexity index is 291. The Morgan fingerprint density at radius 3 is 2.33 bits per heavy atom. The van der Waals surface area contributed by atoms with E-state index in [-0.39, 0.29) is 0 Å². The van der Waals surface area contributed by atoms with Crippen LogP contribution < -0.4 is 0 Å². The highest BCUT2D eigenvalue weighted by atomic mass is 127. The molecule has 0 aromatic heterocycles. The summed E-state index contributed by atoms with van der Waals surface area (Å²) >= 11 is 2.45. The van der Waals surface area contributed by atoms with Crippen LogP contribution in [-0.2, 0) is 12.8 Å². The van der Waals surface area contributed by atoms with Gasteiger partial charge in [-0.05, 0) is 65.5 Å². The lowest BCUT2D eigenvalue weighted by Gasteiger charge is -2.07. The maximum atomic E-state index is 2.45. The summed E-state index contributed by atoms with van der Waals surface area (Å²) in [5.74, 6) is 0. The molecular weight excluding hydrogens is 295 g/mol. The molecule has 0 aliphatic carbocycles. The van der Waals surface area contributed by atoms with Crippen LogP contribution in [0, 0.1) is 3.57 Å². The molecule has 0 fully saturated rings. The van der Waals surface area contributed by atoms with Crippen molar-refractivity contribution in [3.63, 3.8) is 0 Å². The summed E-state index contributed by atoms with van der Waals surface area (Å²) in [6, 6.07) is 6.97. The highest BCUT2D eigenvalue weighted by Crippen LogP contribution is 2.18. The van der Waals surface area contributed by atoms with Crippen LogP contribution in [0.25, 0.3) is 0 Å². The average Bonchev–Trinajstić information content (AvgIpc) is 2.26. The second kappa shape index (κ2) is 7.26. The first-order valence-corrected chi connectivity index (χ1v) is 7.13. The fraction of sp³-hybridized carbons (Fsp3) is 0.571. The molecule has 0 spiro atoms. The normalized spacial score (nSPS) is 10.6. The van der Waals surface area contributed by atoms with Crippen LogP contribution in [0.5, 0.6) is 0 Å². The highest BCUT2D eigenvalue weighted by Gasteiger charge is 2.01. The Labute approximate surface area is 108 Å². The van der Waals surface area contributed by atoms with Crippen LogP contribution in [0.3, 0.4) is 0 Å². The summed E-state index contributed by atoms with van der Waals surface area (Å²) in [6.07, 6.45) is 7.69. The summed E-state index contributed by atoms with van der Waals surface area (Å²) in [6.45, 7) is 4.51. The lowest BCUT2D eigenvalue weighted by Crippen LogP contribution is -1.93. The minimum absolute atomic E-state index is 1.24. The monoisotopic (exact) mass is 316 g/mol. The van der Waals surface area contributed by atoms with Crippen molar-refractivity contribution in [3.8, 4) is 0 Å². The maximum absolute atomic E-state index is 2.45. The molecule has 84 valence electrons. The van der Waals surface area contributed by atoms with Crippen molar-refractivity contribution in [1.29, 1.82) is 0 Å². The van der Waals surface area contributed by atoms with Crippen LogP contribution in [0.2, 0.25) is 0 Å². The zero-order chi connectivity index (χ0) is 11.1. The average molecular weight is 316 g/mol. The van der Waals surface area contributed by atoms with Gasteiger partial charge >= 0.3 is 0 Å². The summed E-state index contributed by atoms with van der Waals surface area (Å²) < 4.78 is 1.43. The van der Waals surface area contributed by atoms with Crippen LogP contribution >= 0.6 is 22.6 Å². The summed E-state index contributed by atoms with van der Waals surface area (Å²) in [7, 11) is 0. The Morgan fingerprint density at radius 2 is 1.67 bits per heavy atom. The molecule has 0 saturated heterocycles. The first-order valence-electron chi connectivity index (χ1n) is 6.05. The lowest BCUT2D eigenvalue weighted by molar-refractivity contribution is 0.778. The van der Waals surface area contributed by atoms with Gasteiger partial charge in [0.1, 0.15) is 0 Å². The van der Waals surface area contributed by atoms with Crippen molar-refractivity contribution in [3.05, 3.63) is 32.9 Å². The van der Waals surface area contributed by atoms with Crippen LogP contribution in [0.1, 0.15) is 50.7 Å². The molecule has 0 atom stereocenters. The smallest absolute Gasteiger partial charge is 0.0162 e. The molecule has 0 unspecified atom stereocenters. The summed E-state index contributed by atoms with van der Waals surface area (Å²) in [4.78, 5) is 0. The Morgan fingerprint density at radius 1 is 1.00 bits per heavy atom. The number of halogens is 1. The van der Waals surface area contributed by atoms with Crippen molar-refractivity contribution in [2.24, 2.45) is 0 Å². The molecule has 1 aromatic rings. The quantitative estimate of drug-likeness (QED) is 0.650. The fourth-order valence-electron chi connectivity index (χ4n) is 1.72. The van der Waals surface area contributed by atoms with E-state index in [1.54, 1.807) is 5.56 Å². The van der Waals surface area contributed by atoms with Crippen LogP contribution in [0.15, 0.2) is 18.2 Å². The van der Waals surface area contributed by atoms with E-state index < -0.39 is 0 Å². The SMILES string of the molecule is CCCCc1ccc(I)c(CCCC)c1. The van der Waals surface area contributed by atoms with Gasteiger partial charge in [0.2, 0.25) is 0 Å². The van der Waals surface area contributed by atoms with Gasteiger partial charge in [0.15, 0.2) is 0 Å². The Hall–Kier alpha value is -0.0500. The molecule has 0 aliphatic heterocycles. The predicted octanol–water partition coefficient (Wildman–Crippen LogP) is 4.98. The van der Waals surface area contributed by atoms with Gasteiger partial charge < -0.3 is 0 Å². The molecule has 0 bridgehead atoms. The fourth-order valence-corrected chi connectivity index (χ4v) is 2.33. The molecule has 0 nitrogen and oxygen atoms in total. The largest absolute Gasteiger partial charge is 0.0654 e. The molecule has 15 heavy (non-hydrogen) atoms. The van der Waals surface area contributed by atoms with Gasteiger partial charge in [-0.15, -0.1) is 0 Å². The number of hydrogen-bond acceptors (Lipinski definition) is 0. The molecule has 0 saturated carbocycles. The first kappa shape index (κ1) is 13.0. The Kier molecular flexibility index (Phi) is 6.30. The van der Waals surface area contributed by atoms with E-state index in [0.29, 0.717) is 0 Å². The van der Waals surface area contributed by atoms with Gasteiger partial charge in [-0.25, -0.2) is 0 Å². The molecule has 0 radical (unpaired) electrons.